The summed E-state index contributed by atoms with van der Waals surface area (Å²) in [6.07, 6.45) is 0.734. The summed E-state index contributed by atoms with van der Waals surface area (Å²) >= 11 is 0. The fourth-order valence-corrected chi connectivity index (χ4v) is 1.84. The zero-order chi connectivity index (χ0) is 11.4. The molecule has 3 N–H and O–H groups in total. The van der Waals surface area contributed by atoms with Crippen LogP contribution in [-0.4, -0.2) is 17.1 Å². The molecule has 1 rings (SSSR count). The number of hydrogen-bond donors (Lipinski definition) is 2. The number of hydrogen-bond acceptors (Lipinski definition) is 2. The number of carbonyl (C=O) groups is 1. The van der Waals surface area contributed by atoms with Gasteiger partial charge in [0.25, 0.3) is 0 Å². The molecule has 2 atom stereocenters. The van der Waals surface area contributed by atoms with Crippen molar-refractivity contribution in [3.63, 3.8) is 0 Å². The monoisotopic (exact) mass is 207 g/mol. The van der Waals surface area contributed by atoms with E-state index >= 15 is 0 Å². The summed E-state index contributed by atoms with van der Waals surface area (Å²) in [5.74, 6) is -1.05. The maximum absolute atomic E-state index is 10.9. The molecule has 0 heterocycles. The van der Waals surface area contributed by atoms with Gasteiger partial charge < -0.3 is 10.8 Å². The molecule has 0 aliphatic heterocycles. The Labute approximate surface area is 89.9 Å². The average Bonchev–Trinajstić information content (AvgIpc) is 2.21. The molecular weight excluding hydrogens is 190 g/mol. The fourth-order valence-electron chi connectivity index (χ4n) is 1.84. The van der Waals surface area contributed by atoms with Crippen molar-refractivity contribution in [2.24, 2.45) is 5.73 Å². The van der Waals surface area contributed by atoms with Crippen LogP contribution in [0.1, 0.15) is 30.4 Å². The summed E-state index contributed by atoms with van der Waals surface area (Å²) in [5, 5.41) is 8.91. The highest BCUT2D eigenvalue weighted by atomic mass is 16.4. The van der Waals surface area contributed by atoms with Crippen LogP contribution < -0.4 is 5.73 Å². The third-order valence-corrected chi connectivity index (χ3v) is 2.75. The first-order valence-electron chi connectivity index (χ1n) is 5.11. The summed E-state index contributed by atoms with van der Waals surface area (Å²) in [6.45, 7) is 3.94. The molecule has 1 aromatic carbocycles. The van der Waals surface area contributed by atoms with E-state index < -0.39 is 12.0 Å². The number of aryl methyl sites for hydroxylation is 1. The minimum Gasteiger partial charge on any atom is -0.480 e. The Hall–Kier alpha value is -1.35. The third kappa shape index (κ3) is 2.57. The molecule has 82 valence electrons. The molecule has 0 radical (unpaired) electrons. The second-order valence-electron chi connectivity index (χ2n) is 3.74. The molecule has 0 aliphatic carbocycles. The quantitative estimate of drug-likeness (QED) is 0.792. The van der Waals surface area contributed by atoms with Gasteiger partial charge in [-0.3, -0.25) is 4.79 Å². The van der Waals surface area contributed by atoms with Gasteiger partial charge >= 0.3 is 5.97 Å². The Morgan fingerprint density at radius 1 is 1.47 bits per heavy atom. The third-order valence-electron chi connectivity index (χ3n) is 2.75. The Kier molecular flexibility index (Phi) is 3.86. The van der Waals surface area contributed by atoms with Gasteiger partial charge in [-0.15, -0.1) is 0 Å². The van der Waals surface area contributed by atoms with Gasteiger partial charge in [0, 0.05) is 5.92 Å². The second-order valence-corrected chi connectivity index (χ2v) is 3.74. The van der Waals surface area contributed by atoms with E-state index in [1.165, 1.54) is 0 Å². The molecule has 3 heteroatoms. The van der Waals surface area contributed by atoms with E-state index in [4.69, 9.17) is 10.8 Å². The van der Waals surface area contributed by atoms with Gasteiger partial charge in [0.1, 0.15) is 6.04 Å². The van der Waals surface area contributed by atoms with Crippen molar-refractivity contribution in [2.75, 3.05) is 0 Å². The minimum absolute atomic E-state index is 0.108. The summed E-state index contributed by atoms with van der Waals surface area (Å²) in [4.78, 5) is 10.9. The van der Waals surface area contributed by atoms with Gasteiger partial charge in [-0.25, -0.2) is 0 Å². The lowest BCUT2D eigenvalue weighted by atomic mass is 9.87. The zero-order valence-electron chi connectivity index (χ0n) is 9.10. The Morgan fingerprint density at radius 3 is 2.53 bits per heavy atom. The Bertz CT molecular complexity index is 349. The molecule has 15 heavy (non-hydrogen) atoms. The minimum atomic E-state index is -0.940. The van der Waals surface area contributed by atoms with Gasteiger partial charge in [0.05, 0.1) is 0 Å². The van der Waals surface area contributed by atoms with Crippen molar-refractivity contribution in [3.8, 4) is 0 Å². The van der Waals surface area contributed by atoms with E-state index in [1.807, 2.05) is 38.1 Å². The lowest BCUT2D eigenvalue weighted by Gasteiger charge is -2.21. The first kappa shape index (κ1) is 11.7. The van der Waals surface area contributed by atoms with Crippen molar-refractivity contribution in [1.82, 2.24) is 0 Å². The average molecular weight is 207 g/mol. The molecule has 0 bridgehead atoms. The van der Waals surface area contributed by atoms with Crippen molar-refractivity contribution in [2.45, 2.75) is 32.2 Å². The second kappa shape index (κ2) is 4.94. The van der Waals surface area contributed by atoms with Crippen LogP contribution in [0, 0.1) is 6.92 Å². The van der Waals surface area contributed by atoms with Crippen LogP contribution in [0.3, 0.4) is 0 Å². The highest BCUT2D eigenvalue weighted by molar-refractivity contribution is 5.74. The SMILES string of the molecule is CCC(c1ccccc1C)C(N)C(=O)O. The van der Waals surface area contributed by atoms with Gasteiger partial charge in [-0.1, -0.05) is 31.2 Å². The van der Waals surface area contributed by atoms with E-state index in [1.54, 1.807) is 0 Å². The van der Waals surface area contributed by atoms with Crippen molar-refractivity contribution < 1.29 is 9.90 Å². The Morgan fingerprint density at radius 2 is 2.07 bits per heavy atom. The summed E-state index contributed by atoms with van der Waals surface area (Å²) in [6, 6.07) is 6.96. The molecule has 0 amide bonds. The largest absolute Gasteiger partial charge is 0.480 e. The first-order valence-corrected chi connectivity index (χ1v) is 5.11. The van der Waals surface area contributed by atoms with Crippen LogP contribution in [0.25, 0.3) is 0 Å². The molecular formula is C12H17NO2. The number of carboxylic acid groups (broad SMARTS) is 1. The molecule has 3 nitrogen and oxygen atoms in total. The topological polar surface area (TPSA) is 63.3 Å². The van der Waals surface area contributed by atoms with Gasteiger partial charge in [0.2, 0.25) is 0 Å². The zero-order valence-corrected chi connectivity index (χ0v) is 9.10. The molecule has 0 saturated carbocycles. The van der Waals surface area contributed by atoms with E-state index in [2.05, 4.69) is 0 Å². The van der Waals surface area contributed by atoms with E-state index in [9.17, 15) is 4.79 Å². The van der Waals surface area contributed by atoms with Crippen LogP contribution in [0.4, 0.5) is 0 Å². The predicted molar refractivity (Wildman–Crippen MR) is 59.8 cm³/mol. The molecule has 0 aromatic heterocycles. The smallest absolute Gasteiger partial charge is 0.321 e. The number of carboxylic acids is 1. The number of rotatable bonds is 4. The van der Waals surface area contributed by atoms with Gasteiger partial charge in [-0.2, -0.15) is 0 Å². The molecule has 1 aromatic rings. The number of benzene rings is 1. The van der Waals surface area contributed by atoms with Gasteiger partial charge in [-0.05, 0) is 24.5 Å². The first-order chi connectivity index (χ1) is 7.07. The van der Waals surface area contributed by atoms with Crippen LogP contribution in [0.15, 0.2) is 24.3 Å². The van der Waals surface area contributed by atoms with E-state index in [0.717, 1.165) is 17.5 Å². The van der Waals surface area contributed by atoms with Crippen LogP contribution in [0.2, 0.25) is 0 Å². The summed E-state index contributed by atoms with van der Waals surface area (Å²) in [5.41, 5.74) is 7.81. The predicted octanol–water partition coefficient (Wildman–Crippen LogP) is 1.90. The molecule has 2 unspecified atom stereocenters. The van der Waals surface area contributed by atoms with Crippen LogP contribution in [-0.2, 0) is 4.79 Å². The fraction of sp³-hybridized carbons (Fsp3) is 0.417. The lowest BCUT2D eigenvalue weighted by molar-refractivity contribution is -0.139. The summed E-state index contributed by atoms with van der Waals surface area (Å²) < 4.78 is 0. The van der Waals surface area contributed by atoms with E-state index in [0.29, 0.717) is 0 Å². The Balaban J connectivity index is 3.02. The normalized spacial score (nSPS) is 14.6. The highest BCUT2D eigenvalue weighted by Crippen LogP contribution is 2.25. The number of aliphatic carboxylic acids is 1. The van der Waals surface area contributed by atoms with Crippen molar-refractivity contribution in [3.05, 3.63) is 35.4 Å². The summed E-state index contributed by atoms with van der Waals surface area (Å²) in [7, 11) is 0. The molecule has 0 saturated heterocycles. The maximum Gasteiger partial charge on any atom is 0.321 e. The molecule has 0 fully saturated rings. The van der Waals surface area contributed by atoms with Gasteiger partial charge in [0.15, 0.2) is 0 Å². The van der Waals surface area contributed by atoms with E-state index in [-0.39, 0.29) is 5.92 Å². The van der Waals surface area contributed by atoms with Crippen LogP contribution >= 0.6 is 0 Å². The molecule has 0 aliphatic rings. The maximum atomic E-state index is 10.9. The molecule has 0 spiro atoms. The van der Waals surface area contributed by atoms with Crippen molar-refractivity contribution >= 4 is 5.97 Å². The van der Waals surface area contributed by atoms with Crippen molar-refractivity contribution in [1.29, 1.82) is 0 Å². The lowest BCUT2D eigenvalue weighted by Crippen LogP contribution is -2.36. The highest BCUT2D eigenvalue weighted by Gasteiger charge is 2.24. The van der Waals surface area contributed by atoms with Crippen LogP contribution in [0.5, 0.6) is 0 Å². The standard InChI is InChI=1S/C12H17NO2/c1-3-9(11(13)12(14)15)10-7-5-4-6-8(10)2/h4-7,9,11H,3,13H2,1-2H3,(H,14,15). The number of nitrogens with two attached hydrogens (primary N) is 1.